The first kappa shape index (κ1) is 25.3. The number of hydrogen-bond donors (Lipinski definition) is 2. The van der Waals surface area contributed by atoms with Gasteiger partial charge in [0.2, 0.25) is 0 Å². The molecule has 1 heterocycles. The number of allylic oxidation sites excluding steroid dienone is 1. The normalized spacial score (nSPS) is 15.5. The minimum Gasteiger partial charge on any atom is -0.466 e. The molecular weight excluding hydrogens is 455 g/mol. The Balaban J connectivity index is 2.40. The van der Waals surface area contributed by atoms with E-state index in [2.05, 4.69) is 5.32 Å². The highest BCUT2D eigenvalue weighted by molar-refractivity contribution is 6.07. The van der Waals surface area contributed by atoms with Gasteiger partial charge in [-0.15, -0.1) is 0 Å². The summed E-state index contributed by atoms with van der Waals surface area (Å²) in [4.78, 5) is 27.3. The molecule has 182 valence electrons. The number of nitrogens with zero attached hydrogens (tertiary/aromatic N) is 2. The summed E-state index contributed by atoms with van der Waals surface area (Å²) >= 11 is 0. The molecule has 0 spiro atoms. The first-order valence-corrected chi connectivity index (χ1v) is 10.6. The monoisotopic (exact) mass is 480 g/mol. The Kier molecular flexibility index (Phi) is 8.07. The van der Waals surface area contributed by atoms with Crippen molar-refractivity contribution in [1.82, 2.24) is 0 Å². The molecule has 0 radical (unpaired) electrons. The van der Waals surface area contributed by atoms with Crippen molar-refractivity contribution in [3.05, 3.63) is 82.6 Å². The summed E-state index contributed by atoms with van der Waals surface area (Å²) < 4.78 is 30.4. The molecule has 0 saturated heterocycles. The summed E-state index contributed by atoms with van der Waals surface area (Å²) in [5.41, 5.74) is 6.43. The maximum absolute atomic E-state index is 15.4. The predicted octanol–water partition coefficient (Wildman–Crippen LogP) is 2.78. The molecule has 3 N–H and O–H groups in total. The van der Waals surface area contributed by atoms with Crippen molar-refractivity contribution in [1.29, 1.82) is 5.26 Å². The molecule has 1 atom stereocenters. The summed E-state index contributed by atoms with van der Waals surface area (Å²) in [6.07, 6.45) is 0. The van der Waals surface area contributed by atoms with Gasteiger partial charge in [-0.05, 0) is 17.7 Å². The number of carbonyl (C=O) groups is 2. The zero-order valence-electron chi connectivity index (χ0n) is 19.5. The van der Waals surface area contributed by atoms with E-state index in [1.807, 2.05) is 6.07 Å². The lowest BCUT2D eigenvalue weighted by molar-refractivity contribution is -0.139. The second kappa shape index (κ2) is 11.2. The fourth-order valence-electron chi connectivity index (χ4n) is 3.92. The third-order valence-electron chi connectivity index (χ3n) is 5.44. The van der Waals surface area contributed by atoms with Crippen molar-refractivity contribution >= 4 is 23.3 Å². The van der Waals surface area contributed by atoms with Gasteiger partial charge >= 0.3 is 11.9 Å². The zero-order valence-corrected chi connectivity index (χ0v) is 19.5. The number of hydrogen-bond acceptors (Lipinski definition) is 9. The molecule has 0 saturated carbocycles. The summed E-state index contributed by atoms with van der Waals surface area (Å²) in [7, 11) is 3.78. The Hall–Kier alpha value is -4.36. The van der Waals surface area contributed by atoms with Crippen LogP contribution in [0.1, 0.15) is 11.5 Å². The highest BCUT2D eigenvalue weighted by atomic mass is 19.1. The molecule has 0 fully saturated rings. The molecule has 0 bridgehead atoms. The van der Waals surface area contributed by atoms with Crippen LogP contribution >= 0.6 is 0 Å². The number of para-hydroxylation sites is 1. The average Bonchev–Trinajstić information content (AvgIpc) is 2.88. The van der Waals surface area contributed by atoms with Gasteiger partial charge in [0.1, 0.15) is 23.0 Å². The number of ether oxygens (including phenoxy) is 3. The van der Waals surface area contributed by atoms with Crippen molar-refractivity contribution in [2.45, 2.75) is 5.92 Å². The van der Waals surface area contributed by atoms with Gasteiger partial charge < -0.3 is 25.3 Å². The lowest BCUT2D eigenvalue weighted by Gasteiger charge is -2.36. The molecule has 0 aromatic heterocycles. The maximum atomic E-state index is 15.4. The SMILES string of the molecule is COCCNc1cccc(F)c1N1C(N)=C(C#N)C(c2ccccc2)C(C(=O)OC)=C1C(=O)OC. The fourth-order valence-corrected chi connectivity index (χ4v) is 3.92. The molecule has 0 aliphatic carbocycles. The Morgan fingerprint density at radius 1 is 1.09 bits per heavy atom. The van der Waals surface area contributed by atoms with E-state index in [1.54, 1.807) is 36.4 Å². The lowest BCUT2D eigenvalue weighted by atomic mass is 9.81. The molecule has 9 nitrogen and oxygen atoms in total. The van der Waals surface area contributed by atoms with Crippen LogP contribution in [-0.4, -0.2) is 46.4 Å². The first-order chi connectivity index (χ1) is 16.9. The van der Waals surface area contributed by atoms with E-state index in [-0.39, 0.29) is 34.0 Å². The van der Waals surface area contributed by atoms with E-state index in [0.717, 1.165) is 19.1 Å². The van der Waals surface area contributed by atoms with Crippen LogP contribution in [-0.2, 0) is 23.8 Å². The van der Waals surface area contributed by atoms with Crippen molar-refractivity contribution in [3.63, 3.8) is 0 Å². The van der Waals surface area contributed by atoms with E-state index in [4.69, 9.17) is 19.9 Å². The Morgan fingerprint density at radius 2 is 1.77 bits per heavy atom. The fraction of sp³-hybridized carbons (Fsp3) is 0.240. The number of benzene rings is 2. The van der Waals surface area contributed by atoms with Crippen LogP contribution in [0.3, 0.4) is 0 Å². The van der Waals surface area contributed by atoms with E-state index in [9.17, 15) is 14.9 Å². The van der Waals surface area contributed by atoms with Gasteiger partial charge in [0.15, 0.2) is 0 Å². The quantitative estimate of drug-likeness (QED) is 0.433. The number of methoxy groups -OCH3 is 3. The van der Waals surface area contributed by atoms with Crippen LogP contribution in [0.15, 0.2) is 71.2 Å². The number of carbonyl (C=O) groups excluding carboxylic acids is 2. The first-order valence-electron chi connectivity index (χ1n) is 10.6. The Bertz CT molecular complexity index is 1220. The molecule has 2 aromatic carbocycles. The second-order valence-corrected chi connectivity index (χ2v) is 7.39. The predicted molar refractivity (Wildman–Crippen MR) is 126 cm³/mol. The molecular formula is C25H25FN4O5. The number of nitrogens with two attached hydrogens (primary N) is 1. The van der Waals surface area contributed by atoms with Crippen LogP contribution in [0.2, 0.25) is 0 Å². The third kappa shape index (κ3) is 4.81. The zero-order chi connectivity index (χ0) is 25.5. The molecule has 35 heavy (non-hydrogen) atoms. The minimum absolute atomic E-state index is 0.0599. The van der Waals surface area contributed by atoms with E-state index in [1.165, 1.54) is 19.2 Å². The smallest absolute Gasteiger partial charge is 0.355 e. The number of esters is 2. The highest BCUT2D eigenvalue weighted by Gasteiger charge is 2.44. The number of nitrogens with one attached hydrogen (secondary N) is 1. The molecule has 10 heteroatoms. The van der Waals surface area contributed by atoms with Crippen molar-refractivity contribution in [3.8, 4) is 6.07 Å². The molecule has 1 aliphatic rings. The van der Waals surface area contributed by atoms with Crippen LogP contribution in [0, 0.1) is 17.1 Å². The Morgan fingerprint density at radius 3 is 2.37 bits per heavy atom. The number of anilines is 2. The van der Waals surface area contributed by atoms with Crippen LogP contribution < -0.4 is 16.0 Å². The largest absolute Gasteiger partial charge is 0.466 e. The van der Waals surface area contributed by atoms with Gasteiger partial charge in [0, 0.05) is 13.7 Å². The molecule has 1 unspecified atom stereocenters. The number of rotatable bonds is 8. The summed E-state index contributed by atoms with van der Waals surface area (Å²) in [5.74, 6) is -3.88. The van der Waals surface area contributed by atoms with Gasteiger partial charge in [-0.3, -0.25) is 4.90 Å². The molecule has 0 amide bonds. The van der Waals surface area contributed by atoms with Crippen molar-refractivity contribution in [2.75, 3.05) is 44.7 Å². The van der Waals surface area contributed by atoms with Gasteiger partial charge in [0.05, 0.1) is 49.6 Å². The topological polar surface area (TPSA) is 127 Å². The van der Waals surface area contributed by atoms with Gasteiger partial charge in [-0.1, -0.05) is 36.4 Å². The highest BCUT2D eigenvalue weighted by Crippen LogP contribution is 2.45. The van der Waals surface area contributed by atoms with Crippen LogP contribution in [0.4, 0.5) is 15.8 Å². The number of nitriles is 1. The van der Waals surface area contributed by atoms with Crippen LogP contribution in [0.25, 0.3) is 0 Å². The van der Waals surface area contributed by atoms with Crippen molar-refractivity contribution in [2.24, 2.45) is 5.73 Å². The van der Waals surface area contributed by atoms with E-state index >= 15 is 4.39 Å². The van der Waals surface area contributed by atoms with E-state index in [0.29, 0.717) is 18.7 Å². The Labute approximate surface area is 202 Å². The van der Waals surface area contributed by atoms with Gasteiger partial charge in [-0.25, -0.2) is 14.0 Å². The average molecular weight is 480 g/mol. The van der Waals surface area contributed by atoms with Crippen LogP contribution in [0.5, 0.6) is 0 Å². The van der Waals surface area contributed by atoms with Gasteiger partial charge in [0.25, 0.3) is 0 Å². The lowest BCUT2D eigenvalue weighted by Crippen LogP contribution is -2.41. The second-order valence-electron chi connectivity index (χ2n) is 7.39. The molecule has 3 rings (SSSR count). The summed E-state index contributed by atoms with van der Waals surface area (Å²) in [6, 6.07) is 14.8. The molecule has 2 aromatic rings. The number of halogens is 1. The molecule has 1 aliphatic heterocycles. The summed E-state index contributed by atoms with van der Waals surface area (Å²) in [6.45, 7) is 0.622. The van der Waals surface area contributed by atoms with E-state index < -0.39 is 23.7 Å². The summed E-state index contributed by atoms with van der Waals surface area (Å²) in [5, 5.41) is 13.1. The standard InChI is InChI=1S/C25H25FN4O5/c1-33-13-12-29-18-11-7-10-17(26)21(18)30-22(25(32)35-3)20(24(31)34-2)19(16(14-27)23(30)28)15-8-5-4-6-9-15/h4-11,19,29H,12-13,28H2,1-3H3. The maximum Gasteiger partial charge on any atom is 0.355 e. The van der Waals surface area contributed by atoms with Crippen molar-refractivity contribution < 1.29 is 28.2 Å². The van der Waals surface area contributed by atoms with Gasteiger partial charge in [-0.2, -0.15) is 5.26 Å². The minimum atomic E-state index is -1.05. The third-order valence-corrected chi connectivity index (χ3v) is 5.44.